The first-order valence-corrected chi connectivity index (χ1v) is 6.04. The Kier molecular flexibility index (Phi) is 4.29. The molecule has 3 nitrogen and oxygen atoms in total. The predicted octanol–water partition coefficient (Wildman–Crippen LogP) is 2.30. The summed E-state index contributed by atoms with van der Waals surface area (Å²) in [6.45, 7) is 3.55. The van der Waals surface area contributed by atoms with E-state index < -0.39 is 0 Å². The third-order valence-electron chi connectivity index (χ3n) is 2.96. The van der Waals surface area contributed by atoms with E-state index in [2.05, 4.69) is 12.1 Å². The molecule has 1 aliphatic heterocycles. The molecule has 2 rings (SSSR count). The van der Waals surface area contributed by atoms with Gasteiger partial charge in [-0.3, -0.25) is 0 Å². The van der Waals surface area contributed by atoms with Crippen molar-refractivity contribution in [2.75, 3.05) is 19.8 Å². The number of Topliss-reactive ketones (excluding diaryl/α,β-unsaturated/α-hetero) is 1. The summed E-state index contributed by atoms with van der Waals surface area (Å²) < 4.78 is 11.1. The van der Waals surface area contributed by atoms with Crippen LogP contribution in [0.15, 0.2) is 24.3 Å². The summed E-state index contributed by atoms with van der Waals surface area (Å²) in [7, 11) is 0. The lowest BCUT2D eigenvalue weighted by Crippen LogP contribution is -2.22. The fraction of sp³-hybridized carbons (Fsp3) is 0.500. The third-order valence-corrected chi connectivity index (χ3v) is 2.96. The van der Waals surface area contributed by atoms with E-state index >= 15 is 0 Å². The number of hydrogen-bond donors (Lipinski definition) is 0. The fourth-order valence-corrected chi connectivity index (χ4v) is 2.05. The molecule has 1 atom stereocenters. The molecule has 0 N–H and O–H groups in total. The van der Waals surface area contributed by atoms with Crippen LogP contribution in [0.25, 0.3) is 0 Å². The van der Waals surface area contributed by atoms with E-state index in [-0.39, 0.29) is 11.9 Å². The number of rotatable bonds is 4. The van der Waals surface area contributed by atoms with Gasteiger partial charge in [-0.05, 0) is 24.5 Å². The van der Waals surface area contributed by atoms with Crippen molar-refractivity contribution in [1.82, 2.24) is 0 Å². The Bertz CT molecular complexity index is 381. The minimum atomic E-state index is 0.0203. The smallest absolute Gasteiger partial charge is 0.130 e. The molecule has 0 spiro atoms. The second-order valence-electron chi connectivity index (χ2n) is 4.34. The van der Waals surface area contributed by atoms with Gasteiger partial charge in [0.05, 0.1) is 19.8 Å². The maximum atomic E-state index is 11.0. The van der Waals surface area contributed by atoms with Crippen molar-refractivity contribution in [3.8, 4) is 0 Å². The molecule has 0 amide bonds. The number of benzene rings is 1. The van der Waals surface area contributed by atoms with Crippen molar-refractivity contribution in [3.05, 3.63) is 35.4 Å². The van der Waals surface area contributed by atoms with Crippen LogP contribution in [0.1, 0.15) is 30.6 Å². The van der Waals surface area contributed by atoms with Crippen molar-refractivity contribution in [2.24, 2.45) is 0 Å². The van der Waals surface area contributed by atoms with E-state index in [0.717, 1.165) is 12.0 Å². The molecule has 0 saturated carbocycles. The first-order valence-electron chi connectivity index (χ1n) is 6.04. The first-order chi connectivity index (χ1) is 8.27. The molecule has 1 heterocycles. The van der Waals surface area contributed by atoms with E-state index in [9.17, 15) is 4.79 Å². The van der Waals surface area contributed by atoms with Gasteiger partial charge >= 0.3 is 0 Å². The van der Waals surface area contributed by atoms with E-state index in [1.807, 2.05) is 12.1 Å². The predicted molar refractivity (Wildman–Crippen MR) is 65.0 cm³/mol. The maximum absolute atomic E-state index is 11.0. The van der Waals surface area contributed by atoms with Crippen molar-refractivity contribution in [2.45, 2.75) is 25.9 Å². The SMILES string of the molecule is CC(=O)CCc1ccccc1C1COCCO1. The molecular formula is C14H18O3. The lowest BCUT2D eigenvalue weighted by molar-refractivity contribution is -0.117. The topological polar surface area (TPSA) is 35.5 Å². The van der Waals surface area contributed by atoms with E-state index in [1.54, 1.807) is 6.92 Å². The summed E-state index contributed by atoms with van der Waals surface area (Å²) >= 11 is 0. The van der Waals surface area contributed by atoms with Crippen LogP contribution in [-0.4, -0.2) is 25.6 Å². The Labute approximate surface area is 102 Å². The van der Waals surface area contributed by atoms with Crippen molar-refractivity contribution in [1.29, 1.82) is 0 Å². The number of aryl methyl sites for hydroxylation is 1. The van der Waals surface area contributed by atoms with Crippen molar-refractivity contribution >= 4 is 5.78 Å². The van der Waals surface area contributed by atoms with Crippen LogP contribution in [0.2, 0.25) is 0 Å². The van der Waals surface area contributed by atoms with Crippen molar-refractivity contribution in [3.63, 3.8) is 0 Å². The maximum Gasteiger partial charge on any atom is 0.130 e. The molecule has 0 bridgehead atoms. The van der Waals surface area contributed by atoms with E-state index in [4.69, 9.17) is 9.47 Å². The van der Waals surface area contributed by atoms with Crippen LogP contribution in [0.5, 0.6) is 0 Å². The van der Waals surface area contributed by atoms with Crippen LogP contribution in [-0.2, 0) is 20.7 Å². The quantitative estimate of drug-likeness (QED) is 0.802. The molecule has 3 heteroatoms. The fourth-order valence-electron chi connectivity index (χ4n) is 2.05. The van der Waals surface area contributed by atoms with Gasteiger partial charge in [0.15, 0.2) is 0 Å². The average Bonchev–Trinajstić information content (AvgIpc) is 2.38. The molecule has 0 radical (unpaired) electrons. The lowest BCUT2D eigenvalue weighted by atomic mass is 9.98. The van der Waals surface area contributed by atoms with E-state index in [0.29, 0.717) is 26.2 Å². The Morgan fingerprint density at radius 3 is 2.88 bits per heavy atom. The molecule has 1 aromatic carbocycles. The standard InChI is InChI=1S/C14H18O3/c1-11(15)6-7-12-4-2-3-5-13(12)14-10-16-8-9-17-14/h2-5,14H,6-10H2,1H3. The van der Waals surface area contributed by atoms with Gasteiger partial charge in [0.1, 0.15) is 11.9 Å². The Hall–Kier alpha value is -1.19. The summed E-state index contributed by atoms with van der Waals surface area (Å²) in [5, 5.41) is 0. The van der Waals surface area contributed by atoms with Crippen LogP contribution < -0.4 is 0 Å². The van der Waals surface area contributed by atoms with Crippen molar-refractivity contribution < 1.29 is 14.3 Å². The molecule has 1 fully saturated rings. The molecule has 1 saturated heterocycles. The zero-order valence-electron chi connectivity index (χ0n) is 10.1. The average molecular weight is 234 g/mol. The van der Waals surface area contributed by atoms with Gasteiger partial charge in [-0.15, -0.1) is 0 Å². The second kappa shape index (κ2) is 5.94. The van der Waals surface area contributed by atoms with Gasteiger partial charge in [0, 0.05) is 6.42 Å². The first kappa shape index (κ1) is 12.3. The van der Waals surface area contributed by atoms with Crippen LogP contribution in [0, 0.1) is 0 Å². The summed E-state index contributed by atoms with van der Waals surface area (Å²) in [4.78, 5) is 11.0. The Morgan fingerprint density at radius 1 is 1.35 bits per heavy atom. The second-order valence-corrected chi connectivity index (χ2v) is 4.34. The number of carbonyl (C=O) groups excluding carboxylic acids is 1. The normalized spacial score (nSPS) is 20.2. The molecule has 17 heavy (non-hydrogen) atoms. The number of ketones is 1. The number of hydrogen-bond acceptors (Lipinski definition) is 3. The number of ether oxygens (including phenoxy) is 2. The third kappa shape index (κ3) is 3.38. The Balaban J connectivity index is 2.11. The molecule has 1 aromatic rings. The van der Waals surface area contributed by atoms with Gasteiger partial charge in [0.25, 0.3) is 0 Å². The minimum absolute atomic E-state index is 0.0203. The summed E-state index contributed by atoms with van der Waals surface area (Å²) in [5.74, 6) is 0.223. The minimum Gasteiger partial charge on any atom is -0.376 e. The highest BCUT2D eigenvalue weighted by atomic mass is 16.6. The van der Waals surface area contributed by atoms with Crippen LogP contribution in [0.3, 0.4) is 0 Å². The largest absolute Gasteiger partial charge is 0.376 e. The number of carbonyl (C=O) groups is 1. The van der Waals surface area contributed by atoms with Crippen LogP contribution >= 0.6 is 0 Å². The van der Waals surface area contributed by atoms with E-state index in [1.165, 1.54) is 5.56 Å². The van der Waals surface area contributed by atoms with Gasteiger partial charge in [-0.1, -0.05) is 24.3 Å². The summed E-state index contributed by atoms with van der Waals surface area (Å²) in [6, 6.07) is 8.14. The zero-order valence-corrected chi connectivity index (χ0v) is 10.1. The molecule has 1 aliphatic rings. The van der Waals surface area contributed by atoms with Gasteiger partial charge in [-0.25, -0.2) is 0 Å². The lowest BCUT2D eigenvalue weighted by Gasteiger charge is -2.25. The molecule has 0 aliphatic carbocycles. The molecular weight excluding hydrogens is 216 g/mol. The Morgan fingerprint density at radius 2 is 2.18 bits per heavy atom. The van der Waals surface area contributed by atoms with Crippen LogP contribution in [0.4, 0.5) is 0 Å². The molecule has 92 valence electrons. The highest BCUT2D eigenvalue weighted by Crippen LogP contribution is 2.25. The van der Waals surface area contributed by atoms with Gasteiger partial charge < -0.3 is 14.3 Å². The molecule has 0 aromatic heterocycles. The summed E-state index contributed by atoms with van der Waals surface area (Å²) in [5.41, 5.74) is 2.35. The zero-order chi connectivity index (χ0) is 12.1. The monoisotopic (exact) mass is 234 g/mol. The highest BCUT2D eigenvalue weighted by molar-refractivity contribution is 5.75. The summed E-state index contributed by atoms with van der Waals surface area (Å²) in [6.07, 6.45) is 1.39. The van der Waals surface area contributed by atoms with Gasteiger partial charge in [-0.2, -0.15) is 0 Å². The highest BCUT2D eigenvalue weighted by Gasteiger charge is 2.19. The van der Waals surface area contributed by atoms with Gasteiger partial charge in [0.2, 0.25) is 0 Å². The molecule has 1 unspecified atom stereocenters.